The molecule has 1 aromatic carbocycles. The van der Waals surface area contributed by atoms with E-state index in [4.69, 9.17) is 0 Å². The van der Waals surface area contributed by atoms with Crippen molar-refractivity contribution >= 4 is 27.7 Å². The van der Waals surface area contributed by atoms with E-state index >= 15 is 0 Å². The largest absolute Gasteiger partial charge is 0.339 e. The highest BCUT2D eigenvalue weighted by Crippen LogP contribution is 2.26. The fourth-order valence-corrected chi connectivity index (χ4v) is 6.66. The van der Waals surface area contributed by atoms with E-state index in [2.05, 4.69) is 24.0 Å². The van der Waals surface area contributed by atoms with Crippen molar-refractivity contribution in [3.63, 3.8) is 0 Å². The van der Waals surface area contributed by atoms with Crippen molar-refractivity contribution in [2.45, 2.75) is 55.5 Å². The van der Waals surface area contributed by atoms with Crippen molar-refractivity contribution < 1.29 is 13.2 Å². The molecule has 0 N–H and O–H groups in total. The molecule has 4 rings (SSSR count). The lowest BCUT2D eigenvalue weighted by molar-refractivity contribution is -0.129. The summed E-state index contributed by atoms with van der Waals surface area (Å²) in [4.78, 5) is 14.8. The molecule has 0 atom stereocenters. The van der Waals surface area contributed by atoms with E-state index < -0.39 is 10.0 Å². The van der Waals surface area contributed by atoms with Gasteiger partial charge in [0, 0.05) is 39.1 Å². The van der Waals surface area contributed by atoms with Crippen LogP contribution in [0.25, 0.3) is 0 Å². The summed E-state index contributed by atoms with van der Waals surface area (Å²) in [7, 11) is -1.63. The van der Waals surface area contributed by atoms with Gasteiger partial charge in [-0.2, -0.15) is 4.31 Å². The Morgan fingerprint density at radius 3 is 2.41 bits per heavy atom. The maximum absolute atomic E-state index is 13.2. The third-order valence-corrected chi connectivity index (χ3v) is 9.16. The van der Waals surface area contributed by atoms with Crippen molar-refractivity contribution in [1.29, 1.82) is 0 Å². The molecule has 2 heterocycles. The number of benzene rings is 1. The first kappa shape index (κ1) is 23.3. The number of thioether (sulfide) groups is 1. The Bertz CT molecular complexity index is 1090. The first-order chi connectivity index (χ1) is 15.3. The average Bonchev–Trinajstić information content (AvgIpc) is 3.17. The van der Waals surface area contributed by atoms with Gasteiger partial charge in [0.1, 0.15) is 5.82 Å². The van der Waals surface area contributed by atoms with Gasteiger partial charge in [0.05, 0.1) is 10.6 Å². The predicted molar refractivity (Wildman–Crippen MR) is 124 cm³/mol. The van der Waals surface area contributed by atoms with Crippen molar-refractivity contribution in [2.24, 2.45) is 7.05 Å². The number of carbonyl (C=O) groups excluding carboxylic acids is 1. The molecular weight excluding hydrogens is 446 g/mol. The topological polar surface area (TPSA) is 88.4 Å². The van der Waals surface area contributed by atoms with Gasteiger partial charge in [-0.3, -0.25) is 4.79 Å². The van der Waals surface area contributed by atoms with Crippen LogP contribution in [0.3, 0.4) is 0 Å². The van der Waals surface area contributed by atoms with Crippen LogP contribution in [0.15, 0.2) is 28.3 Å². The smallest absolute Gasteiger partial charge is 0.243 e. The molecule has 1 saturated heterocycles. The molecule has 10 heteroatoms. The average molecular weight is 478 g/mol. The number of nitrogens with zero attached hydrogens (tertiary/aromatic N) is 5. The zero-order chi connectivity index (χ0) is 22.9. The monoisotopic (exact) mass is 477 g/mol. The predicted octanol–water partition coefficient (Wildman–Crippen LogP) is 2.44. The Labute approximate surface area is 194 Å². The molecular formula is C22H31N5O3S2. The Kier molecular flexibility index (Phi) is 6.92. The SMILES string of the molecule is CC(C)c1nnc(SCC(=O)N2CCN(S(=O)(=O)c3ccc4c(c3)CCCC4)CC2)n1C. The third kappa shape index (κ3) is 4.72. The number of aromatic nitrogens is 3. The van der Waals surface area contributed by atoms with E-state index in [-0.39, 0.29) is 17.6 Å². The molecule has 174 valence electrons. The first-order valence-corrected chi connectivity index (χ1v) is 13.6. The van der Waals surface area contributed by atoms with Crippen LogP contribution in [0.5, 0.6) is 0 Å². The summed E-state index contributed by atoms with van der Waals surface area (Å²) in [5.74, 6) is 1.42. The Hall–Kier alpha value is -1.91. The van der Waals surface area contributed by atoms with Crippen LogP contribution in [0.1, 0.15) is 49.6 Å². The summed E-state index contributed by atoms with van der Waals surface area (Å²) in [6.07, 6.45) is 4.26. The standard InChI is InChI=1S/C22H31N5O3S2/c1-16(2)21-23-24-22(25(21)3)31-15-20(28)26-10-12-27(13-11-26)32(29,30)19-9-8-17-6-4-5-7-18(17)14-19/h8-9,14,16H,4-7,10-13,15H2,1-3H3. The Balaban J connectivity index is 1.34. The number of sulfonamides is 1. The van der Waals surface area contributed by atoms with Crippen LogP contribution in [-0.4, -0.2) is 70.2 Å². The summed E-state index contributed by atoms with van der Waals surface area (Å²) in [6, 6.07) is 5.56. The van der Waals surface area contributed by atoms with Gasteiger partial charge < -0.3 is 9.47 Å². The van der Waals surface area contributed by atoms with Crippen LogP contribution >= 0.6 is 11.8 Å². The van der Waals surface area contributed by atoms with Crippen LogP contribution in [0.4, 0.5) is 0 Å². The lowest BCUT2D eigenvalue weighted by Crippen LogP contribution is -2.51. The number of fused-ring (bicyclic) bond motifs is 1. The normalized spacial score (nSPS) is 17.6. The number of hydrogen-bond acceptors (Lipinski definition) is 6. The number of rotatable bonds is 6. The van der Waals surface area contributed by atoms with Gasteiger partial charge in [-0.05, 0) is 48.9 Å². The van der Waals surface area contributed by atoms with E-state index in [1.54, 1.807) is 11.0 Å². The molecule has 0 bridgehead atoms. The van der Waals surface area contributed by atoms with E-state index in [0.29, 0.717) is 31.1 Å². The molecule has 0 unspecified atom stereocenters. The van der Waals surface area contributed by atoms with E-state index in [1.165, 1.54) is 28.1 Å². The zero-order valence-electron chi connectivity index (χ0n) is 19.0. The van der Waals surface area contributed by atoms with E-state index in [0.717, 1.165) is 35.8 Å². The highest BCUT2D eigenvalue weighted by atomic mass is 32.2. The van der Waals surface area contributed by atoms with Crippen molar-refractivity contribution in [3.8, 4) is 0 Å². The van der Waals surface area contributed by atoms with Gasteiger partial charge in [-0.1, -0.05) is 31.7 Å². The molecule has 0 saturated carbocycles. The molecule has 32 heavy (non-hydrogen) atoms. The summed E-state index contributed by atoms with van der Waals surface area (Å²) >= 11 is 1.37. The van der Waals surface area contributed by atoms with Gasteiger partial charge in [-0.15, -0.1) is 10.2 Å². The first-order valence-electron chi connectivity index (χ1n) is 11.2. The molecule has 1 aromatic heterocycles. The minimum atomic E-state index is -3.54. The van der Waals surface area contributed by atoms with Gasteiger partial charge in [-0.25, -0.2) is 8.42 Å². The van der Waals surface area contributed by atoms with Crippen LogP contribution in [0, 0.1) is 0 Å². The maximum atomic E-state index is 13.2. The van der Waals surface area contributed by atoms with Crippen LogP contribution < -0.4 is 0 Å². The molecule has 1 aliphatic carbocycles. The molecule has 8 nitrogen and oxygen atoms in total. The second kappa shape index (κ2) is 9.52. The Morgan fingerprint density at radius 2 is 1.75 bits per heavy atom. The molecule has 2 aliphatic rings. The molecule has 1 fully saturated rings. The number of piperazine rings is 1. The van der Waals surface area contributed by atoms with Crippen LogP contribution in [0.2, 0.25) is 0 Å². The van der Waals surface area contributed by atoms with Gasteiger partial charge in [0.2, 0.25) is 15.9 Å². The number of hydrogen-bond donors (Lipinski definition) is 0. The quantitative estimate of drug-likeness (QED) is 0.594. The third-order valence-electron chi connectivity index (χ3n) is 6.26. The molecule has 2 aromatic rings. The summed E-state index contributed by atoms with van der Waals surface area (Å²) in [5.41, 5.74) is 2.43. The molecule has 1 aliphatic heterocycles. The minimum absolute atomic E-state index is 0.00470. The molecule has 0 spiro atoms. The highest BCUT2D eigenvalue weighted by Gasteiger charge is 2.31. The number of carbonyl (C=O) groups is 1. The zero-order valence-corrected chi connectivity index (χ0v) is 20.6. The summed E-state index contributed by atoms with van der Waals surface area (Å²) in [6.45, 7) is 5.55. The fraction of sp³-hybridized carbons (Fsp3) is 0.591. The lowest BCUT2D eigenvalue weighted by atomic mass is 9.92. The fourth-order valence-electron chi connectivity index (χ4n) is 4.37. The van der Waals surface area contributed by atoms with Crippen molar-refractivity contribution in [2.75, 3.05) is 31.9 Å². The molecule has 0 radical (unpaired) electrons. The van der Waals surface area contributed by atoms with E-state index in [1.807, 2.05) is 23.7 Å². The molecule has 1 amide bonds. The number of aryl methyl sites for hydroxylation is 2. The van der Waals surface area contributed by atoms with Gasteiger partial charge in [0.15, 0.2) is 5.16 Å². The van der Waals surface area contributed by atoms with Crippen LogP contribution in [-0.2, 0) is 34.7 Å². The van der Waals surface area contributed by atoms with E-state index in [9.17, 15) is 13.2 Å². The summed E-state index contributed by atoms with van der Waals surface area (Å²) < 4.78 is 29.7. The Morgan fingerprint density at radius 1 is 1.06 bits per heavy atom. The highest BCUT2D eigenvalue weighted by molar-refractivity contribution is 7.99. The maximum Gasteiger partial charge on any atom is 0.243 e. The summed E-state index contributed by atoms with van der Waals surface area (Å²) in [5, 5.41) is 9.09. The second-order valence-corrected chi connectivity index (χ2v) is 11.6. The van der Waals surface area contributed by atoms with Crippen molar-refractivity contribution in [1.82, 2.24) is 24.0 Å². The second-order valence-electron chi connectivity index (χ2n) is 8.77. The van der Waals surface area contributed by atoms with Gasteiger partial charge >= 0.3 is 0 Å². The lowest BCUT2D eigenvalue weighted by Gasteiger charge is -2.34. The van der Waals surface area contributed by atoms with Gasteiger partial charge in [0.25, 0.3) is 0 Å². The van der Waals surface area contributed by atoms with Crippen molar-refractivity contribution in [3.05, 3.63) is 35.2 Å². The minimum Gasteiger partial charge on any atom is -0.339 e. The number of amides is 1.